The summed E-state index contributed by atoms with van der Waals surface area (Å²) in [6, 6.07) is -1.31. The second-order valence-corrected chi connectivity index (χ2v) is 4.39. The van der Waals surface area contributed by atoms with Gasteiger partial charge in [-0.05, 0) is 12.8 Å². The smallest absolute Gasteiger partial charge is 0.326 e. The van der Waals surface area contributed by atoms with Gasteiger partial charge >= 0.3 is 5.97 Å². The molecule has 17 heavy (non-hydrogen) atoms. The summed E-state index contributed by atoms with van der Waals surface area (Å²) in [5, 5.41) is 23.6. The van der Waals surface area contributed by atoms with Crippen LogP contribution in [-0.4, -0.2) is 46.8 Å². The molecule has 1 aliphatic heterocycles. The van der Waals surface area contributed by atoms with E-state index in [0.717, 1.165) is 12.8 Å². The Balaban J connectivity index is 2.43. The van der Waals surface area contributed by atoms with Crippen molar-refractivity contribution in [2.45, 2.75) is 50.8 Å². The molecule has 0 aromatic heterocycles. The molecule has 0 bridgehead atoms. The van der Waals surface area contributed by atoms with E-state index in [4.69, 9.17) is 5.11 Å². The number of hydrogen-bond donors (Lipinski definition) is 4. The molecular weight excluding hydrogens is 224 g/mol. The van der Waals surface area contributed by atoms with E-state index in [1.807, 2.05) is 6.92 Å². The Morgan fingerprint density at radius 2 is 2.24 bits per heavy atom. The summed E-state index contributed by atoms with van der Waals surface area (Å²) < 4.78 is 0. The Bertz CT molecular complexity index is 283. The van der Waals surface area contributed by atoms with E-state index in [2.05, 4.69) is 10.6 Å². The van der Waals surface area contributed by atoms with E-state index >= 15 is 0 Å². The molecule has 6 heteroatoms. The van der Waals surface area contributed by atoms with Crippen molar-refractivity contribution in [1.29, 1.82) is 0 Å². The molecule has 4 N–H and O–H groups in total. The number of carbonyl (C=O) groups excluding carboxylic acids is 1. The van der Waals surface area contributed by atoms with Crippen molar-refractivity contribution < 1.29 is 19.8 Å². The highest BCUT2D eigenvalue weighted by Crippen LogP contribution is 2.08. The SMILES string of the molecule is CCCC[C@H](NC(=O)C1CC(O)CN1)C(=O)O. The van der Waals surface area contributed by atoms with Crippen LogP contribution in [0, 0.1) is 0 Å². The highest BCUT2D eigenvalue weighted by molar-refractivity contribution is 5.87. The summed E-state index contributed by atoms with van der Waals surface area (Å²) in [5.41, 5.74) is 0. The van der Waals surface area contributed by atoms with Gasteiger partial charge in [0.15, 0.2) is 0 Å². The number of carboxylic acids is 1. The van der Waals surface area contributed by atoms with Crippen molar-refractivity contribution in [3.05, 3.63) is 0 Å². The van der Waals surface area contributed by atoms with Crippen molar-refractivity contribution in [3.8, 4) is 0 Å². The van der Waals surface area contributed by atoms with Crippen molar-refractivity contribution in [2.24, 2.45) is 0 Å². The highest BCUT2D eigenvalue weighted by atomic mass is 16.4. The van der Waals surface area contributed by atoms with Crippen molar-refractivity contribution in [3.63, 3.8) is 0 Å². The number of aliphatic hydroxyl groups is 1. The fourth-order valence-electron chi connectivity index (χ4n) is 1.85. The first kappa shape index (κ1) is 13.9. The van der Waals surface area contributed by atoms with Crippen LogP contribution in [0.1, 0.15) is 32.6 Å². The van der Waals surface area contributed by atoms with Crippen molar-refractivity contribution >= 4 is 11.9 Å². The minimum absolute atomic E-state index is 0.339. The lowest BCUT2D eigenvalue weighted by molar-refractivity contribution is -0.142. The average Bonchev–Trinajstić information content (AvgIpc) is 2.70. The minimum atomic E-state index is -1.01. The topological polar surface area (TPSA) is 98.7 Å². The largest absolute Gasteiger partial charge is 0.480 e. The molecular formula is C11H20N2O4. The first-order chi connectivity index (χ1) is 8.04. The molecule has 0 spiro atoms. The number of unbranched alkanes of at least 4 members (excludes halogenated alkanes) is 1. The maximum atomic E-state index is 11.7. The van der Waals surface area contributed by atoms with Gasteiger partial charge in [0, 0.05) is 6.54 Å². The lowest BCUT2D eigenvalue weighted by Crippen LogP contribution is -2.48. The van der Waals surface area contributed by atoms with Crippen LogP contribution in [0.2, 0.25) is 0 Å². The molecule has 0 aliphatic carbocycles. The second-order valence-electron chi connectivity index (χ2n) is 4.39. The van der Waals surface area contributed by atoms with Crippen LogP contribution in [0.25, 0.3) is 0 Å². The third-order valence-electron chi connectivity index (χ3n) is 2.89. The number of nitrogens with one attached hydrogen (secondary N) is 2. The molecule has 1 fully saturated rings. The number of carbonyl (C=O) groups is 2. The fraction of sp³-hybridized carbons (Fsp3) is 0.818. The third kappa shape index (κ3) is 4.32. The van der Waals surface area contributed by atoms with Crippen LogP contribution in [0.5, 0.6) is 0 Å². The van der Waals surface area contributed by atoms with Crippen LogP contribution >= 0.6 is 0 Å². The van der Waals surface area contributed by atoms with Crippen LogP contribution in [0.15, 0.2) is 0 Å². The van der Waals surface area contributed by atoms with Crippen LogP contribution < -0.4 is 10.6 Å². The number of amides is 1. The average molecular weight is 244 g/mol. The van der Waals surface area contributed by atoms with Gasteiger partial charge in [0.25, 0.3) is 0 Å². The number of aliphatic carboxylic acids is 1. The lowest BCUT2D eigenvalue weighted by Gasteiger charge is -2.17. The third-order valence-corrected chi connectivity index (χ3v) is 2.89. The zero-order chi connectivity index (χ0) is 12.8. The van der Waals surface area contributed by atoms with Crippen molar-refractivity contribution in [2.75, 3.05) is 6.54 Å². The van der Waals surface area contributed by atoms with Crippen LogP contribution in [0.3, 0.4) is 0 Å². The molecule has 1 aliphatic rings. The van der Waals surface area contributed by atoms with Gasteiger partial charge in [-0.15, -0.1) is 0 Å². The number of aliphatic hydroxyl groups excluding tert-OH is 1. The maximum Gasteiger partial charge on any atom is 0.326 e. The van der Waals surface area contributed by atoms with E-state index in [1.54, 1.807) is 0 Å². The van der Waals surface area contributed by atoms with Crippen LogP contribution in [-0.2, 0) is 9.59 Å². The number of hydrogen-bond acceptors (Lipinski definition) is 4. The highest BCUT2D eigenvalue weighted by Gasteiger charge is 2.30. The minimum Gasteiger partial charge on any atom is -0.480 e. The van der Waals surface area contributed by atoms with E-state index in [9.17, 15) is 14.7 Å². The first-order valence-electron chi connectivity index (χ1n) is 5.99. The first-order valence-corrected chi connectivity index (χ1v) is 5.99. The van der Waals surface area contributed by atoms with Gasteiger partial charge in [0.1, 0.15) is 6.04 Å². The van der Waals surface area contributed by atoms with Gasteiger partial charge in [-0.25, -0.2) is 4.79 Å². The normalized spacial score (nSPS) is 25.5. The van der Waals surface area contributed by atoms with Gasteiger partial charge in [-0.2, -0.15) is 0 Å². The molecule has 0 aromatic carbocycles. The molecule has 2 unspecified atom stereocenters. The Hall–Kier alpha value is -1.14. The summed E-state index contributed by atoms with van der Waals surface area (Å²) in [5.74, 6) is -1.35. The molecule has 1 heterocycles. The molecule has 0 saturated carbocycles. The Labute approximate surface area is 100 Å². The summed E-state index contributed by atoms with van der Waals surface area (Å²) in [6.45, 7) is 2.35. The summed E-state index contributed by atoms with van der Waals surface area (Å²) in [6.07, 6.45) is 1.90. The Morgan fingerprint density at radius 1 is 1.53 bits per heavy atom. The summed E-state index contributed by atoms with van der Waals surface area (Å²) >= 11 is 0. The second kappa shape index (κ2) is 6.56. The fourth-order valence-corrected chi connectivity index (χ4v) is 1.85. The van der Waals surface area contributed by atoms with Gasteiger partial charge < -0.3 is 20.8 Å². The van der Waals surface area contributed by atoms with E-state index in [0.29, 0.717) is 19.4 Å². The standard InChI is InChI=1S/C11H20N2O4/c1-2-3-4-8(11(16)17)13-10(15)9-5-7(14)6-12-9/h7-9,12,14H,2-6H2,1H3,(H,13,15)(H,16,17)/t7?,8-,9?/m0/s1. The summed E-state index contributed by atoms with van der Waals surface area (Å²) in [4.78, 5) is 22.7. The lowest BCUT2D eigenvalue weighted by atomic mass is 10.1. The molecule has 1 saturated heterocycles. The molecule has 6 nitrogen and oxygen atoms in total. The molecule has 3 atom stereocenters. The van der Waals surface area contributed by atoms with Crippen molar-refractivity contribution in [1.82, 2.24) is 10.6 Å². The van der Waals surface area contributed by atoms with Gasteiger partial charge in [-0.1, -0.05) is 19.8 Å². The predicted molar refractivity (Wildman–Crippen MR) is 61.5 cm³/mol. The molecule has 1 rings (SSSR count). The van der Waals surface area contributed by atoms with Crippen LogP contribution in [0.4, 0.5) is 0 Å². The molecule has 0 aromatic rings. The zero-order valence-electron chi connectivity index (χ0n) is 9.98. The van der Waals surface area contributed by atoms with E-state index in [1.165, 1.54) is 0 Å². The molecule has 0 radical (unpaired) electrons. The summed E-state index contributed by atoms with van der Waals surface area (Å²) in [7, 11) is 0. The Kier molecular flexibility index (Phi) is 5.37. The van der Waals surface area contributed by atoms with Gasteiger partial charge in [0.05, 0.1) is 12.1 Å². The molecule has 98 valence electrons. The van der Waals surface area contributed by atoms with Gasteiger partial charge in [-0.3, -0.25) is 4.79 Å². The number of β-amino-alcohol motifs (C(OH)–C–C–N with tert-alkyl or cyclic N) is 1. The molecule has 1 amide bonds. The van der Waals surface area contributed by atoms with Gasteiger partial charge in [0.2, 0.25) is 5.91 Å². The monoisotopic (exact) mass is 244 g/mol. The van der Waals surface area contributed by atoms with E-state index in [-0.39, 0.29) is 5.91 Å². The maximum absolute atomic E-state index is 11.7. The zero-order valence-corrected chi connectivity index (χ0v) is 9.98. The number of rotatable bonds is 6. The Morgan fingerprint density at radius 3 is 2.71 bits per heavy atom. The quantitative estimate of drug-likeness (QED) is 0.503. The number of carboxylic acid groups (broad SMARTS) is 1. The predicted octanol–water partition coefficient (Wildman–Crippen LogP) is -0.531. The van der Waals surface area contributed by atoms with E-state index < -0.39 is 24.2 Å².